The second-order valence-electron chi connectivity index (χ2n) is 5.67. The Balaban J connectivity index is 1.63. The standard InChI is InChI=1S/C18H22N6O/c1-2-3-9-20-17-15(11-22-18(19)24-17)25-12-16-21-10-14(23-16)13-7-5-4-6-8-13/h4-8,11H,2-3,9-10,12H2,1H3,(H3,19,20,22,24). The molecule has 130 valence electrons. The van der Waals surface area contributed by atoms with Crippen molar-refractivity contribution >= 4 is 23.3 Å². The summed E-state index contributed by atoms with van der Waals surface area (Å²) in [5.74, 6) is 2.03. The van der Waals surface area contributed by atoms with Crippen molar-refractivity contribution in [2.45, 2.75) is 19.8 Å². The number of benzene rings is 1. The third-order valence-corrected chi connectivity index (χ3v) is 3.74. The maximum Gasteiger partial charge on any atom is 0.222 e. The number of hydrogen-bond donors (Lipinski definition) is 2. The Morgan fingerprint density at radius 1 is 1.24 bits per heavy atom. The molecule has 1 aromatic heterocycles. The van der Waals surface area contributed by atoms with Gasteiger partial charge in [-0.25, -0.2) is 9.98 Å². The molecule has 25 heavy (non-hydrogen) atoms. The van der Waals surface area contributed by atoms with Crippen molar-refractivity contribution in [3.05, 3.63) is 42.1 Å². The highest BCUT2D eigenvalue weighted by molar-refractivity contribution is 6.12. The Labute approximate surface area is 147 Å². The maximum absolute atomic E-state index is 5.81. The first-order chi connectivity index (χ1) is 12.3. The molecule has 0 fully saturated rings. The van der Waals surface area contributed by atoms with Crippen molar-refractivity contribution in [2.24, 2.45) is 9.98 Å². The highest BCUT2D eigenvalue weighted by Gasteiger charge is 2.14. The van der Waals surface area contributed by atoms with Gasteiger partial charge in [-0.15, -0.1) is 0 Å². The fraction of sp³-hybridized carbons (Fsp3) is 0.333. The lowest BCUT2D eigenvalue weighted by atomic mass is 10.1. The van der Waals surface area contributed by atoms with E-state index in [9.17, 15) is 0 Å². The van der Waals surface area contributed by atoms with E-state index >= 15 is 0 Å². The number of aromatic nitrogens is 2. The van der Waals surface area contributed by atoms with Gasteiger partial charge in [0.1, 0.15) is 6.61 Å². The highest BCUT2D eigenvalue weighted by Crippen LogP contribution is 2.22. The molecule has 7 heteroatoms. The predicted octanol–water partition coefficient (Wildman–Crippen LogP) is 2.55. The lowest BCUT2D eigenvalue weighted by molar-refractivity contribution is 0.374. The fourth-order valence-corrected chi connectivity index (χ4v) is 2.40. The summed E-state index contributed by atoms with van der Waals surface area (Å²) in [6, 6.07) is 10.0. The minimum absolute atomic E-state index is 0.217. The van der Waals surface area contributed by atoms with Crippen LogP contribution in [0.15, 0.2) is 46.5 Å². The van der Waals surface area contributed by atoms with Crippen molar-refractivity contribution in [3.63, 3.8) is 0 Å². The first-order valence-electron chi connectivity index (χ1n) is 8.41. The summed E-state index contributed by atoms with van der Waals surface area (Å²) in [4.78, 5) is 17.2. The maximum atomic E-state index is 5.81. The predicted molar refractivity (Wildman–Crippen MR) is 101 cm³/mol. The Morgan fingerprint density at radius 3 is 2.88 bits per heavy atom. The van der Waals surface area contributed by atoms with Crippen LogP contribution in [-0.4, -0.2) is 41.2 Å². The van der Waals surface area contributed by atoms with Crippen LogP contribution in [0.3, 0.4) is 0 Å². The van der Waals surface area contributed by atoms with Crippen LogP contribution in [0.4, 0.5) is 11.8 Å². The molecule has 1 aromatic carbocycles. The molecule has 1 aliphatic heterocycles. The van der Waals surface area contributed by atoms with Crippen LogP contribution in [0, 0.1) is 0 Å². The molecule has 0 saturated carbocycles. The Bertz CT molecular complexity index is 772. The average molecular weight is 338 g/mol. The summed E-state index contributed by atoms with van der Waals surface area (Å²) in [6.45, 7) is 3.78. The molecule has 2 aromatic rings. The second kappa shape index (κ2) is 8.23. The smallest absolute Gasteiger partial charge is 0.222 e. The van der Waals surface area contributed by atoms with Crippen LogP contribution < -0.4 is 15.8 Å². The van der Waals surface area contributed by atoms with Crippen molar-refractivity contribution in [1.82, 2.24) is 9.97 Å². The van der Waals surface area contributed by atoms with Gasteiger partial charge in [0, 0.05) is 6.54 Å². The molecule has 3 rings (SSSR count). The highest BCUT2D eigenvalue weighted by atomic mass is 16.5. The molecule has 2 heterocycles. The van der Waals surface area contributed by atoms with Crippen molar-refractivity contribution in [1.29, 1.82) is 0 Å². The van der Waals surface area contributed by atoms with E-state index in [-0.39, 0.29) is 12.6 Å². The fourth-order valence-electron chi connectivity index (χ4n) is 2.40. The number of nitrogen functional groups attached to an aromatic ring is 1. The number of unbranched alkanes of at least 4 members (excludes halogenated alkanes) is 1. The normalized spacial score (nSPS) is 13.3. The number of nitrogens with zero attached hydrogens (tertiary/aromatic N) is 4. The zero-order valence-corrected chi connectivity index (χ0v) is 14.3. The first-order valence-corrected chi connectivity index (χ1v) is 8.41. The third-order valence-electron chi connectivity index (χ3n) is 3.74. The quantitative estimate of drug-likeness (QED) is 0.721. The topological polar surface area (TPSA) is 97.8 Å². The van der Waals surface area contributed by atoms with Gasteiger partial charge in [0.25, 0.3) is 0 Å². The zero-order chi connectivity index (χ0) is 17.5. The van der Waals surface area contributed by atoms with E-state index in [2.05, 4.69) is 32.2 Å². The molecule has 0 unspecified atom stereocenters. The summed E-state index contributed by atoms with van der Waals surface area (Å²) in [5, 5.41) is 3.23. The van der Waals surface area contributed by atoms with Gasteiger partial charge >= 0.3 is 0 Å². The van der Waals surface area contributed by atoms with Gasteiger partial charge in [0.2, 0.25) is 5.95 Å². The molecular weight excluding hydrogens is 316 g/mol. The molecular formula is C18H22N6O. The molecule has 7 nitrogen and oxygen atoms in total. The number of rotatable bonds is 8. The van der Waals surface area contributed by atoms with Gasteiger partial charge in [-0.2, -0.15) is 4.98 Å². The number of hydrogen-bond acceptors (Lipinski definition) is 7. The number of ether oxygens (including phenoxy) is 1. The van der Waals surface area contributed by atoms with Crippen LogP contribution >= 0.6 is 0 Å². The number of nitrogens with one attached hydrogen (secondary N) is 1. The van der Waals surface area contributed by atoms with Gasteiger partial charge in [0.05, 0.1) is 18.5 Å². The van der Waals surface area contributed by atoms with E-state index in [4.69, 9.17) is 10.5 Å². The van der Waals surface area contributed by atoms with Crippen LogP contribution in [0.25, 0.3) is 0 Å². The van der Waals surface area contributed by atoms with Gasteiger partial charge in [0.15, 0.2) is 17.4 Å². The number of nitrogens with two attached hydrogens (primary N) is 1. The number of amidine groups is 1. The largest absolute Gasteiger partial charge is 0.480 e. The van der Waals surface area contributed by atoms with E-state index in [1.54, 1.807) is 6.20 Å². The number of aliphatic imine (C=N–C) groups is 2. The molecule has 0 amide bonds. The molecule has 3 N–H and O–H groups in total. The Hall–Kier alpha value is -2.96. The van der Waals surface area contributed by atoms with E-state index in [1.807, 2.05) is 30.3 Å². The molecule has 0 radical (unpaired) electrons. The SMILES string of the molecule is CCCCNc1nc(N)ncc1OCC1=NCC(c2ccccc2)=N1. The molecule has 0 aliphatic carbocycles. The first kappa shape index (κ1) is 16.9. The van der Waals surface area contributed by atoms with Gasteiger partial charge < -0.3 is 15.8 Å². The number of anilines is 2. The van der Waals surface area contributed by atoms with Crippen LogP contribution in [0.1, 0.15) is 25.3 Å². The molecule has 0 spiro atoms. The molecule has 1 aliphatic rings. The van der Waals surface area contributed by atoms with Crippen LogP contribution in [0.2, 0.25) is 0 Å². The van der Waals surface area contributed by atoms with Gasteiger partial charge in [-0.1, -0.05) is 43.7 Å². The minimum Gasteiger partial charge on any atom is -0.480 e. The van der Waals surface area contributed by atoms with Gasteiger partial charge in [-0.3, -0.25) is 4.99 Å². The van der Waals surface area contributed by atoms with E-state index in [1.165, 1.54) is 0 Å². The van der Waals surface area contributed by atoms with E-state index in [0.717, 1.165) is 30.7 Å². The minimum atomic E-state index is 0.217. The van der Waals surface area contributed by atoms with Crippen LogP contribution in [-0.2, 0) is 0 Å². The summed E-state index contributed by atoms with van der Waals surface area (Å²) in [7, 11) is 0. The van der Waals surface area contributed by atoms with Crippen molar-refractivity contribution in [2.75, 3.05) is 30.7 Å². The lowest BCUT2D eigenvalue weighted by Gasteiger charge is -2.11. The Kier molecular flexibility index (Phi) is 5.56. The monoisotopic (exact) mass is 338 g/mol. The summed E-state index contributed by atoms with van der Waals surface area (Å²) in [6.07, 6.45) is 3.71. The summed E-state index contributed by atoms with van der Waals surface area (Å²) >= 11 is 0. The van der Waals surface area contributed by atoms with E-state index in [0.29, 0.717) is 23.9 Å². The molecule has 0 saturated heterocycles. The lowest BCUT2D eigenvalue weighted by Crippen LogP contribution is -2.12. The van der Waals surface area contributed by atoms with Crippen molar-refractivity contribution < 1.29 is 4.74 Å². The molecule has 0 bridgehead atoms. The van der Waals surface area contributed by atoms with E-state index < -0.39 is 0 Å². The Morgan fingerprint density at radius 2 is 2.08 bits per heavy atom. The summed E-state index contributed by atoms with van der Waals surface area (Å²) < 4.78 is 5.81. The summed E-state index contributed by atoms with van der Waals surface area (Å²) in [5.41, 5.74) is 7.70. The van der Waals surface area contributed by atoms with Crippen LogP contribution in [0.5, 0.6) is 5.75 Å². The second-order valence-corrected chi connectivity index (χ2v) is 5.67. The zero-order valence-electron chi connectivity index (χ0n) is 14.3. The average Bonchev–Trinajstić information content (AvgIpc) is 3.11. The van der Waals surface area contributed by atoms with Crippen molar-refractivity contribution in [3.8, 4) is 5.75 Å². The molecule has 0 atom stereocenters. The third kappa shape index (κ3) is 4.53. The van der Waals surface area contributed by atoms with Gasteiger partial charge in [-0.05, 0) is 12.0 Å².